The lowest BCUT2D eigenvalue weighted by Gasteiger charge is -2.24. The molecule has 3 nitrogen and oxygen atoms in total. The van der Waals surface area contributed by atoms with Crippen molar-refractivity contribution < 1.29 is 5.11 Å². The van der Waals surface area contributed by atoms with Gasteiger partial charge in [0.1, 0.15) is 12.4 Å². The minimum absolute atomic E-state index is 0.0131. The van der Waals surface area contributed by atoms with Crippen LogP contribution in [0.5, 0.6) is 0 Å². The Hall–Kier alpha value is -1.35. The average molecular weight is 190 g/mol. The number of nitrogens with zero attached hydrogens (tertiary/aromatic N) is 2. The van der Waals surface area contributed by atoms with Crippen LogP contribution in [-0.2, 0) is 0 Å². The lowest BCUT2D eigenvalue weighted by molar-refractivity contribution is 0.355. The molecule has 0 bridgehead atoms. The SMILES string of the molecule is CC1CN=C(CO)N1c1ccccc1. The van der Waals surface area contributed by atoms with E-state index in [2.05, 4.69) is 16.8 Å². The van der Waals surface area contributed by atoms with Crippen LogP contribution in [-0.4, -0.2) is 30.1 Å². The van der Waals surface area contributed by atoms with Crippen LogP contribution in [0.15, 0.2) is 35.3 Å². The van der Waals surface area contributed by atoms with Gasteiger partial charge in [-0.2, -0.15) is 0 Å². The molecule has 1 heterocycles. The first-order chi connectivity index (χ1) is 6.83. The van der Waals surface area contributed by atoms with Crippen molar-refractivity contribution >= 4 is 11.5 Å². The second-order valence-electron chi connectivity index (χ2n) is 3.47. The molecule has 1 N–H and O–H groups in total. The van der Waals surface area contributed by atoms with Crippen LogP contribution < -0.4 is 4.90 Å². The van der Waals surface area contributed by atoms with Crippen LogP contribution in [0.1, 0.15) is 6.92 Å². The molecule has 0 radical (unpaired) electrons. The minimum atomic E-state index is 0.0131. The standard InChI is InChI=1S/C11H14N2O/c1-9-7-12-11(8-14)13(9)10-5-3-2-4-6-10/h2-6,9,14H,7-8H2,1H3. The van der Waals surface area contributed by atoms with Gasteiger partial charge in [0.2, 0.25) is 0 Å². The number of aliphatic hydroxyl groups excluding tert-OH is 1. The van der Waals surface area contributed by atoms with Gasteiger partial charge in [0.05, 0.1) is 12.6 Å². The second-order valence-corrected chi connectivity index (χ2v) is 3.47. The maximum Gasteiger partial charge on any atom is 0.130 e. The van der Waals surface area contributed by atoms with Crippen molar-refractivity contribution in [3.05, 3.63) is 30.3 Å². The summed E-state index contributed by atoms with van der Waals surface area (Å²) >= 11 is 0. The average Bonchev–Trinajstić information content (AvgIpc) is 2.61. The van der Waals surface area contributed by atoms with Crippen molar-refractivity contribution in [2.24, 2.45) is 4.99 Å². The normalized spacial score (nSPS) is 21.1. The molecule has 3 heteroatoms. The van der Waals surface area contributed by atoms with Gasteiger partial charge < -0.3 is 10.0 Å². The molecule has 1 unspecified atom stereocenters. The number of anilines is 1. The molecule has 1 aromatic carbocycles. The molecule has 0 aliphatic carbocycles. The van der Waals surface area contributed by atoms with E-state index in [0.29, 0.717) is 6.04 Å². The molecule has 74 valence electrons. The predicted molar refractivity (Wildman–Crippen MR) is 57.8 cm³/mol. The van der Waals surface area contributed by atoms with Crippen LogP contribution >= 0.6 is 0 Å². The lowest BCUT2D eigenvalue weighted by atomic mass is 10.2. The highest BCUT2D eigenvalue weighted by molar-refractivity contribution is 6.00. The van der Waals surface area contributed by atoms with Gasteiger partial charge in [-0.15, -0.1) is 0 Å². The van der Waals surface area contributed by atoms with E-state index in [1.54, 1.807) is 0 Å². The monoisotopic (exact) mass is 190 g/mol. The molecule has 14 heavy (non-hydrogen) atoms. The highest BCUT2D eigenvalue weighted by atomic mass is 16.3. The highest BCUT2D eigenvalue weighted by Crippen LogP contribution is 2.20. The van der Waals surface area contributed by atoms with Gasteiger partial charge in [-0.1, -0.05) is 18.2 Å². The fraction of sp³-hybridized carbons (Fsp3) is 0.364. The molecule has 0 spiro atoms. The van der Waals surface area contributed by atoms with Gasteiger partial charge in [-0.3, -0.25) is 4.99 Å². The molecule has 1 aromatic rings. The van der Waals surface area contributed by atoms with Crippen LogP contribution in [0.25, 0.3) is 0 Å². The highest BCUT2D eigenvalue weighted by Gasteiger charge is 2.24. The number of aliphatic hydroxyl groups is 1. The van der Waals surface area contributed by atoms with Crippen molar-refractivity contribution in [2.45, 2.75) is 13.0 Å². The zero-order chi connectivity index (χ0) is 9.97. The summed E-state index contributed by atoms with van der Waals surface area (Å²) in [7, 11) is 0. The first-order valence-electron chi connectivity index (χ1n) is 4.81. The van der Waals surface area contributed by atoms with Crippen molar-refractivity contribution in [3.63, 3.8) is 0 Å². The molecule has 1 aliphatic heterocycles. The summed E-state index contributed by atoms with van der Waals surface area (Å²) in [5, 5.41) is 9.14. The summed E-state index contributed by atoms with van der Waals surface area (Å²) in [6.07, 6.45) is 0. The summed E-state index contributed by atoms with van der Waals surface area (Å²) < 4.78 is 0. The number of rotatable bonds is 2. The molecule has 0 saturated heterocycles. The molecule has 0 aromatic heterocycles. The zero-order valence-corrected chi connectivity index (χ0v) is 8.22. The van der Waals surface area contributed by atoms with E-state index in [0.717, 1.165) is 18.1 Å². The number of para-hydroxylation sites is 1. The van der Waals surface area contributed by atoms with E-state index in [-0.39, 0.29) is 6.61 Å². The van der Waals surface area contributed by atoms with Crippen molar-refractivity contribution in [1.29, 1.82) is 0 Å². The Morgan fingerprint density at radius 3 is 2.79 bits per heavy atom. The fourth-order valence-electron chi connectivity index (χ4n) is 1.77. The van der Waals surface area contributed by atoms with Gasteiger partial charge in [-0.25, -0.2) is 0 Å². The summed E-state index contributed by atoms with van der Waals surface area (Å²) in [4.78, 5) is 6.37. The largest absolute Gasteiger partial charge is 0.388 e. The van der Waals surface area contributed by atoms with Crippen molar-refractivity contribution in [2.75, 3.05) is 18.1 Å². The van der Waals surface area contributed by atoms with Gasteiger partial charge >= 0.3 is 0 Å². The van der Waals surface area contributed by atoms with E-state index < -0.39 is 0 Å². The Labute approximate surface area is 83.7 Å². The van der Waals surface area contributed by atoms with E-state index in [9.17, 15) is 0 Å². The first-order valence-corrected chi connectivity index (χ1v) is 4.81. The molecule has 2 rings (SSSR count). The third-order valence-corrected chi connectivity index (χ3v) is 2.43. The van der Waals surface area contributed by atoms with E-state index in [1.807, 2.05) is 30.3 Å². The number of aliphatic imine (C=N–C) groups is 1. The van der Waals surface area contributed by atoms with Gasteiger partial charge in [0.15, 0.2) is 0 Å². The Balaban J connectivity index is 2.29. The molecule has 1 atom stereocenters. The second kappa shape index (κ2) is 3.80. The molecule has 0 fully saturated rings. The maximum atomic E-state index is 9.14. The summed E-state index contributed by atoms with van der Waals surface area (Å²) in [5.41, 5.74) is 1.10. The fourth-order valence-corrected chi connectivity index (χ4v) is 1.77. The Morgan fingerprint density at radius 1 is 1.43 bits per heavy atom. The predicted octanol–water partition coefficient (Wildman–Crippen LogP) is 1.29. The van der Waals surface area contributed by atoms with Crippen molar-refractivity contribution in [1.82, 2.24) is 0 Å². The quantitative estimate of drug-likeness (QED) is 0.762. The zero-order valence-electron chi connectivity index (χ0n) is 8.22. The molecule has 1 aliphatic rings. The molecule has 0 saturated carbocycles. The summed E-state index contributed by atoms with van der Waals surface area (Å²) in [6, 6.07) is 10.4. The minimum Gasteiger partial charge on any atom is -0.388 e. The number of hydrogen-bond acceptors (Lipinski definition) is 3. The summed E-state index contributed by atoms with van der Waals surface area (Å²) in [5.74, 6) is 0.767. The summed E-state index contributed by atoms with van der Waals surface area (Å²) in [6.45, 7) is 2.89. The van der Waals surface area contributed by atoms with Crippen molar-refractivity contribution in [3.8, 4) is 0 Å². The number of hydrogen-bond donors (Lipinski definition) is 1. The van der Waals surface area contributed by atoms with E-state index >= 15 is 0 Å². The third-order valence-electron chi connectivity index (χ3n) is 2.43. The van der Waals surface area contributed by atoms with E-state index in [4.69, 9.17) is 5.11 Å². The van der Waals surface area contributed by atoms with E-state index in [1.165, 1.54) is 0 Å². The Kier molecular flexibility index (Phi) is 2.50. The Morgan fingerprint density at radius 2 is 2.14 bits per heavy atom. The van der Waals surface area contributed by atoms with Gasteiger partial charge in [0, 0.05) is 5.69 Å². The number of benzene rings is 1. The van der Waals surface area contributed by atoms with Gasteiger partial charge in [0.25, 0.3) is 0 Å². The topological polar surface area (TPSA) is 35.8 Å². The first kappa shape index (κ1) is 9.21. The van der Waals surface area contributed by atoms with Crippen LogP contribution in [0.4, 0.5) is 5.69 Å². The maximum absolute atomic E-state index is 9.14. The number of amidine groups is 1. The molecular formula is C11H14N2O. The van der Waals surface area contributed by atoms with Crippen LogP contribution in [0.3, 0.4) is 0 Å². The van der Waals surface area contributed by atoms with Crippen LogP contribution in [0, 0.1) is 0 Å². The Bertz CT molecular complexity index is 334. The smallest absolute Gasteiger partial charge is 0.130 e. The molecular weight excluding hydrogens is 176 g/mol. The van der Waals surface area contributed by atoms with Gasteiger partial charge in [-0.05, 0) is 19.1 Å². The van der Waals surface area contributed by atoms with Crippen LogP contribution in [0.2, 0.25) is 0 Å². The lowest BCUT2D eigenvalue weighted by Crippen LogP contribution is -2.36. The third kappa shape index (κ3) is 1.51. The molecule has 0 amide bonds.